The third-order valence-corrected chi connectivity index (χ3v) is 6.77. The van der Waals surface area contributed by atoms with Crippen molar-refractivity contribution in [3.8, 4) is 11.6 Å². The van der Waals surface area contributed by atoms with Crippen molar-refractivity contribution in [3.63, 3.8) is 0 Å². The number of amides is 2. The van der Waals surface area contributed by atoms with Crippen molar-refractivity contribution in [1.29, 1.82) is 0 Å². The van der Waals surface area contributed by atoms with E-state index in [0.717, 1.165) is 23.5 Å². The number of carbonyl (C=O) groups is 2. The minimum absolute atomic E-state index is 0.0122. The number of furan rings is 1. The number of nitrogens with one attached hydrogen (secondary N) is 1. The van der Waals surface area contributed by atoms with E-state index in [1.54, 1.807) is 24.3 Å². The van der Waals surface area contributed by atoms with E-state index in [1.807, 2.05) is 42.6 Å². The van der Waals surface area contributed by atoms with Crippen LogP contribution in [0.3, 0.4) is 0 Å². The summed E-state index contributed by atoms with van der Waals surface area (Å²) < 4.78 is 11.2. The number of rotatable bonds is 9. The molecular formula is C25H26N6O4S. The zero-order chi connectivity index (χ0) is 24.9. The number of benzene rings is 1. The molecule has 2 atom stereocenters. The Bertz CT molecular complexity index is 1300. The molecule has 36 heavy (non-hydrogen) atoms. The number of nitrogens with zero attached hydrogens (tertiary/aromatic N) is 5. The first-order valence-corrected chi connectivity index (χ1v) is 12.6. The Balaban J connectivity index is 1.42. The predicted octanol–water partition coefficient (Wildman–Crippen LogP) is 3.37. The standard InChI is InChI=1S/C25H26N6O4S/c1-17-11-12-20(35-17)24-27-29-30(28-24)16-22(32)31(18-7-3-2-4-8-18)23(21-10-6-14-36-21)25(33)26-15-19-9-5-13-34-19/h2-4,6-8,10-12,14,19,23H,5,9,13,15-16H2,1H3,(H,26,33)/t19-,23-/m0/s1. The number of aryl methyl sites for hydroxylation is 1. The molecule has 0 aliphatic carbocycles. The Morgan fingerprint density at radius 2 is 2.06 bits per heavy atom. The summed E-state index contributed by atoms with van der Waals surface area (Å²) in [6, 6.07) is 15.5. The van der Waals surface area contributed by atoms with Crippen LogP contribution in [-0.4, -0.2) is 51.3 Å². The molecule has 2 amide bonds. The summed E-state index contributed by atoms with van der Waals surface area (Å²) in [5.74, 6) is 0.845. The molecule has 0 bridgehead atoms. The summed E-state index contributed by atoms with van der Waals surface area (Å²) in [7, 11) is 0. The summed E-state index contributed by atoms with van der Waals surface area (Å²) in [6.45, 7) is 2.72. The van der Waals surface area contributed by atoms with E-state index in [4.69, 9.17) is 9.15 Å². The maximum atomic E-state index is 13.7. The Morgan fingerprint density at radius 3 is 2.75 bits per heavy atom. The van der Waals surface area contributed by atoms with Gasteiger partial charge in [-0.05, 0) is 60.7 Å². The Kier molecular flexibility index (Phi) is 7.19. The van der Waals surface area contributed by atoms with Crippen LogP contribution < -0.4 is 10.2 Å². The first-order chi connectivity index (χ1) is 17.6. The van der Waals surface area contributed by atoms with E-state index < -0.39 is 6.04 Å². The van der Waals surface area contributed by atoms with Crippen LogP contribution in [0.4, 0.5) is 5.69 Å². The summed E-state index contributed by atoms with van der Waals surface area (Å²) >= 11 is 1.42. The van der Waals surface area contributed by atoms with Gasteiger partial charge in [-0.3, -0.25) is 14.5 Å². The molecule has 4 heterocycles. The lowest BCUT2D eigenvalue weighted by Crippen LogP contribution is -2.46. The molecule has 4 aromatic rings. The summed E-state index contributed by atoms with van der Waals surface area (Å²) in [4.78, 5) is 30.7. The van der Waals surface area contributed by atoms with E-state index in [-0.39, 0.29) is 30.3 Å². The third-order valence-electron chi connectivity index (χ3n) is 5.84. The minimum Gasteiger partial charge on any atom is -0.458 e. The van der Waals surface area contributed by atoms with Crippen LogP contribution in [0.1, 0.15) is 29.5 Å². The monoisotopic (exact) mass is 506 g/mol. The Morgan fingerprint density at radius 1 is 1.19 bits per heavy atom. The summed E-state index contributed by atoms with van der Waals surface area (Å²) in [6.07, 6.45) is 1.87. The van der Waals surface area contributed by atoms with Crippen molar-refractivity contribution in [1.82, 2.24) is 25.5 Å². The van der Waals surface area contributed by atoms with E-state index in [1.165, 1.54) is 21.0 Å². The van der Waals surface area contributed by atoms with E-state index in [0.29, 0.717) is 24.6 Å². The Labute approximate surface area is 211 Å². The van der Waals surface area contributed by atoms with Gasteiger partial charge < -0.3 is 14.5 Å². The van der Waals surface area contributed by atoms with Gasteiger partial charge in [-0.15, -0.1) is 21.5 Å². The molecule has 0 radical (unpaired) electrons. The van der Waals surface area contributed by atoms with Gasteiger partial charge in [0.1, 0.15) is 18.3 Å². The molecule has 1 aliphatic heterocycles. The molecule has 1 aliphatic rings. The summed E-state index contributed by atoms with van der Waals surface area (Å²) in [5, 5.41) is 17.2. The van der Waals surface area contributed by atoms with Crippen LogP contribution in [0.5, 0.6) is 0 Å². The molecule has 1 aromatic carbocycles. The zero-order valence-corrected chi connectivity index (χ0v) is 20.6. The van der Waals surface area contributed by atoms with Crippen molar-refractivity contribution in [2.24, 2.45) is 0 Å². The quantitative estimate of drug-likeness (QED) is 0.370. The first-order valence-electron chi connectivity index (χ1n) is 11.7. The molecule has 0 saturated carbocycles. The number of para-hydroxylation sites is 1. The molecule has 1 N–H and O–H groups in total. The second kappa shape index (κ2) is 10.8. The molecule has 3 aromatic heterocycles. The average Bonchev–Trinajstić information content (AvgIpc) is 3.69. The fourth-order valence-corrected chi connectivity index (χ4v) is 4.94. The molecule has 11 heteroatoms. The number of hydrogen-bond acceptors (Lipinski definition) is 8. The highest BCUT2D eigenvalue weighted by Crippen LogP contribution is 2.31. The average molecular weight is 507 g/mol. The molecule has 5 rings (SSSR count). The first kappa shape index (κ1) is 23.9. The van der Waals surface area contributed by atoms with Gasteiger partial charge in [-0.2, -0.15) is 4.80 Å². The van der Waals surface area contributed by atoms with Gasteiger partial charge in [0.05, 0.1) is 6.10 Å². The van der Waals surface area contributed by atoms with Crippen LogP contribution >= 0.6 is 11.3 Å². The fourth-order valence-electron chi connectivity index (χ4n) is 4.12. The largest absolute Gasteiger partial charge is 0.458 e. The fraction of sp³-hybridized carbons (Fsp3) is 0.320. The van der Waals surface area contributed by atoms with Crippen LogP contribution in [0.2, 0.25) is 0 Å². The lowest BCUT2D eigenvalue weighted by Gasteiger charge is -2.30. The smallest absolute Gasteiger partial charge is 0.251 e. The third kappa shape index (κ3) is 5.37. The maximum Gasteiger partial charge on any atom is 0.251 e. The zero-order valence-electron chi connectivity index (χ0n) is 19.7. The molecule has 186 valence electrons. The lowest BCUT2D eigenvalue weighted by atomic mass is 10.1. The second-order valence-corrected chi connectivity index (χ2v) is 9.43. The van der Waals surface area contributed by atoms with Gasteiger partial charge in [0.2, 0.25) is 11.7 Å². The molecule has 10 nitrogen and oxygen atoms in total. The SMILES string of the molecule is Cc1ccc(-c2nnn(CC(=O)N(c3ccccc3)[C@H](C(=O)NC[C@@H]3CCCO3)c3cccs3)n2)o1. The summed E-state index contributed by atoms with van der Waals surface area (Å²) in [5.41, 5.74) is 0.593. The molecule has 1 fully saturated rings. The van der Waals surface area contributed by atoms with Gasteiger partial charge in [-0.25, -0.2) is 0 Å². The van der Waals surface area contributed by atoms with E-state index >= 15 is 0 Å². The van der Waals surface area contributed by atoms with Crippen LogP contribution in [-0.2, 0) is 20.9 Å². The van der Waals surface area contributed by atoms with Gasteiger partial charge in [-0.1, -0.05) is 24.3 Å². The van der Waals surface area contributed by atoms with Gasteiger partial charge in [0.25, 0.3) is 5.91 Å². The lowest BCUT2D eigenvalue weighted by molar-refractivity contribution is -0.127. The van der Waals surface area contributed by atoms with E-state index in [9.17, 15) is 9.59 Å². The molecular weight excluding hydrogens is 480 g/mol. The van der Waals surface area contributed by atoms with Crippen molar-refractivity contribution in [2.75, 3.05) is 18.1 Å². The van der Waals surface area contributed by atoms with Gasteiger partial charge >= 0.3 is 0 Å². The number of hydrogen-bond donors (Lipinski definition) is 1. The minimum atomic E-state index is -0.864. The molecule has 1 saturated heterocycles. The topological polar surface area (TPSA) is 115 Å². The van der Waals surface area contributed by atoms with Gasteiger partial charge in [0.15, 0.2) is 5.76 Å². The number of anilines is 1. The van der Waals surface area contributed by atoms with E-state index in [2.05, 4.69) is 20.7 Å². The van der Waals surface area contributed by atoms with Crippen LogP contribution in [0.15, 0.2) is 64.4 Å². The highest BCUT2D eigenvalue weighted by Gasteiger charge is 2.34. The second-order valence-electron chi connectivity index (χ2n) is 8.45. The normalized spacial score (nSPS) is 16.1. The highest BCUT2D eigenvalue weighted by atomic mass is 32.1. The van der Waals surface area contributed by atoms with Crippen LogP contribution in [0, 0.1) is 6.92 Å². The number of carbonyl (C=O) groups excluding carboxylic acids is 2. The van der Waals surface area contributed by atoms with Crippen molar-refractivity contribution < 1.29 is 18.7 Å². The van der Waals surface area contributed by atoms with Crippen molar-refractivity contribution >= 4 is 28.8 Å². The number of aromatic nitrogens is 4. The van der Waals surface area contributed by atoms with Crippen LogP contribution in [0.25, 0.3) is 11.6 Å². The maximum absolute atomic E-state index is 13.7. The van der Waals surface area contributed by atoms with Crippen molar-refractivity contribution in [3.05, 3.63) is 70.6 Å². The Hall–Kier alpha value is -3.83. The highest BCUT2D eigenvalue weighted by molar-refractivity contribution is 7.10. The molecule has 0 unspecified atom stereocenters. The predicted molar refractivity (Wildman–Crippen MR) is 133 cm³/mol. The number of tetrazole rings is 1. The molecule has 0 spiro atoms. The van der Waals surface area contributed by atoms with Crippen molar-refractivity contribution in [2.45, 2.75) is 38.5 Å². The number of ether oxygens (including phenoxy) is 1. The number of thiophene rings is 1. The van der Waals surface area contributed by atoms with Gasteiger partial charge in [0, 0.05) is 23.7 Å².